The number of hydrogen-bond donors (Lipinski definition) is 1. The highest BCUT2D eigenvalue weighted by Gasteiger charge is 2.16. The van der Waals surface area contributed by atoms with Gasteiger partial charge < -0.3 is 9.84 Å². The summed E-state index contributed by atoms with van der Waals surface area (Å²) in [5.41, 5.74) is 1.88. The molecule has 1 rings (SSSR count). The third-order valence-electron chi connectivity index (χ3n) is 2.26. The van der Waals surface area contributed by atoms with E-state index in [-0.39, 0.29) is 5.56 Å². The molecule has 16 heavy (non-hydrogen) atoms. The number of carboxylic acids is 1. The number of benzene rings is 1. The van der Waals surface area contributed by atoms with Crippen LogP contribution in [0.3, 0.4) is 0 Å². The summed E-state index contributed by atoms with van der Waals surface area (Å²) in [6, 6.07) is 2.95. The summed E-state index contributed by atoms with van der Waals surface area (Å²) in [6.07, 6.45) is 0. The van der Waals surface area contributed by atoms with Gasteiger partial charge in [-0.15, -0.1) is 0 Å². The second-order valence-electron chi connectivity index (χ2n) is 3.51. The number of rotatable bonds is 3. The summed E-state index contributed by atoms with van der Waals surface area (Å²) in [4.78, 5) is 22.4. The zero-order valence-corrected chi connectivity index (χ0v) is 9.53. The molecule has 0 spiro atoms. The minimum absolute atomic E-state index is 0.183. The monoisotopic (exact) mass is 222 g/mol. The zero-order valence-electron chi connectivity index (χ0n) is 9.53. The molecule has 0 atom stereocenters. The highest BCUT2D eigenvalue weighted by Crippen LogP contribution is 2.17. The molecular weight excluding hydrogens is 208 g/mol. The van der Waals surface area contributed by atoms with Crippen LogP contribution >= 0.6 is 0 Å². The number of ether oxygens (including phenoxy) is 1. The number of aromatic carboxylic acids is 1. The molecule has 0 fully saturated rings. The van der Waals surface area contributed by atoms with Crippen LogP contribution in [-0.2, 0) is 4.74 Å². The molecule has 86 valence electrons. The van der Waals surface area contributed by atoms with Gasteiger partial charge in [0.05, 0.1) is 17.7 Å². The summed E-state index contributed by atoms with van der Waals surface area (Å²) in [6.45, 7) is 5.43. The van der Waals surface area contributed by atoms with Gasteiger partial charge in [0.2, 0.25) is 0 Å². The Balaban J connectivity index is 3.22. The van der Waals surface area contributed by atoms with Gasteiger partial charge in [-0.3, -0.25) is 0 Å². The minimum atomic E-state index is -0.999. The Labute approximate surface area is 93.9 Å². The van der Waals surface area contributed by atoms with Crippen molar-refractivity contribution in [2.45, 2.75) is 20.8 Å². The lowest BCUT2D eigenvalue weighted by Crippen LogP contribution is -2.10. The van der Waals surface area contributed by atoms with Crippen LogP contribution in [0.1, 0.15) is 38.8 Å². The average molecular weight is 222 g/mol. The van der Waals surface area contributed by atoms with Crippen molar-refractivity contribution in [1.82, 2.24) is 0 Å². The van der Waals surface area contributed by atoms with Crippen molar-refractivity contribution in [3.05, 3.63) is 34.4 Å². The number of carboxylic acid groups (broad SMARTS) is 1. The Morgan fingerprint density at radius 3 is 2.12 bits per heavy atom. The molecule has 0 radical (unpaired) electrons. The first-order chi connectivity index (χ1) is 7.47. The standard InChI is InChI=1S/C12H14O4/c1-4-16-12(15)10-7(2)5-9(11(13)14)6-8(10)3/h5-6H,4H2,1-3H3,(H,13,14). The zero-order chi connectivity index (χ0) is 12.3. The second-order valence-corrected chi connectivity index (χ2v) is 3.51. The normalized spacial score (nSPS) is 9.94. The lowest BCUT2D eigenvalue weighted by molar-refractivity contribution is 0.0523. The fourth-order valence-corrected chi connectivity index (χ4v) is 1.61. The number of esters is 1. The van der Waals surface area contributed by atoms with Gasteiger partial charge in [-0.05, 0) is 44.0 Å². The fraction of sp³-hybridized carbons (Fsp3) is 0.333. The Bertz CT molecular complexity index is 412. The van der Waals surface area contributed by atoms with Crippen LogP contribution in [0.5, 0.6) is 0 Å². The second kappa shape index (κ2) is 4.79. The number of hydrogen-bond acceptors (Lipinski definition) is 3. The first-order valence-electron chi connectivity index (χ1n) is 4.99. The van der Waals surface area contributed by atoms with Crippen molar-refractivity contribution >= 4 is 11.9 Å². The van der Waals surface area contributed by atoms with Crippen LogP contribution in [0.2, 0.25) is 0 Å². The Hall–Kier alpha value is -1.84. The van der Waals surface area contributed by atoms with E-state index in [1.807, 2.05) is 0 Å². The first kappa shape index (κ1) is 12.2. The van der Waals surface area contributed by atoms with Gasteiger partial charge in [0.15, 0.2) is 0 Å². The number of carbonyl (C=O) groups is 2. The highest BCUT2D eigenvalue weighted by molar-refractivity contribution is 5.95. The molecule has 0 aliphatic carbocycles. The Kier molecular flexibility index (Phi) is 3.66. The van der Waals surface area contributed by atoms with Gasteiger partial charge in [0, 0.05) is 0 Å². The molecule has 0 saturated carbocycles. The Morgan fingerprint density at radius 2 is 1.75 bits per heavy atom. The maximum absolute atomic E-state index is 11.6. The van der Waals surface area contributed by atoms with E-state index in [4.69, 9.17) is 9.84 Å². The average Bonchev–Trinajstić information content (AvgIpc) is 2.16. The van der Waals surface area contributed by atoms with Crippen LogP contribution in [0.4, 0.5) is 0 Å². The molecule has 0 aliphatic heterocycles. The van der Waals surface area contributed by atoms with Gasteiger partial charge >= 0.3 is 11.9 Å². The van der Waals surface area contributed by atoms with E-state index in [0.29, 0.717) is 23.3 Å². The van der Waals surface area contributed by atoms with Crippen LogP contribution < -0.4 is 0 Å². The molecule has 0 bridgehead atoms. The lowest BCUT2D eigenvalue weighted by Gasteiger charge is -2.09. The van der Waals surface area contributed by atoms with E-state index >= 15 is 0 Å². The van der Waals surface area contributed by atoms with Gasteiger partial charge in [-0.2, -0.15) is 0 Å². The van der Waals surface area contributed by atoms with E-state index in [2.05, 4.69) is 0 Å². The molecule has 1 aromatic carbocycles. The van der Waals surface area contributed by atoms with Crippen molar-refractivity contribution in [1.29, 1.82) is 0 Å². The van der Waals surface area contributed by atoms with Crippen molar-refractivity contribution in [2.75, 3.05) is 6.61 Å². The number of carbonyl (C=O) groups excluding carboxylic acids is 1. The quantitative estimate of drug-likeness (QED) is 0.796. The number of aryl methyl sites for hydroxylation is 2. The van der Waals surface area contributed by atoms with E-state index in [9.17, 15) is 9.59 Å². The van der Waals surface area contributed by atoms with Gasteiger partial charge in [0.25, 0.3) is 0 Å². The summed E-state index contributed by atoms with van der Waals surface area (Å²) < 4.78 is 4.90. The van der Waals surface area contributed by atoms with Gasteiger partial charge in [-0.1, -0.05) is 0 Å². The van der Waals surface area contributed by atoms with E-state index in [0.717, 1.165) is 0 Å². The topological polar surface area (TPSA) is 63.6 Å². The van der Waals surface area contributed by atoms with Crippen molar-refractivity contribution in [2.24, 2.45) is 0 Å². The summed E-state index contributed by atoms with van der Waals surface area (Å²) in [7, 11) is 0. The third-order valence-corrected chi connectivity index (χ3v) is 2.26. The molecule has 0 unspecified atom stereocenters. The molecule has 0 saturated heterocycles. The van der Waals surface area contributed by atoms with E-state index in [1.165, 1.54) is 12.1 Å². The van der Waals surface area contributed by atoms with Crippen LogP contribution in [0.15, 0.2) is 12.1 Å². The largest absolute Gasteiger partial charge is 0.478 e. The maximum Gasteiger partial charge on any atom is 0.338 e. The summed E-state index contributed by atoms with van der Waals surface area (Å²) in [5.74, 6) is -1.41. The van der Waals surface area contributed by atoms with Crippen LogP contribution in [-0.4, -0.2) is 23.7 Å². The van der Waals surface area contributed by atoms with Crippen molar-refractivity contribution in [3.63, 3.8) is 0 Å². The molecular formula is C12H14O4. The van der Waals surface area contributed by atoms with Gasteiger partial charge in [-0.25, -0.2) is 9.59 Å². The smallest absolute Gasteiger partial charge is 0.338 e. The van der Waals surface area contributed by atoms with Crippen LogP contribution in [0, 0.1) is 13.8 Å². The first-order valence-corrected chi connectivity index (χ1v) is 4.99. The van der Waals surface area contributed by atoms with E-state index in [1.54, 1.807) is 20.8 Å². The SMILES string of the molecule is CCOC(=O)c1c(C)cc(C(=O)O)cc1C. The molecule has 4 nitrogen and oxygen atoms in total. The van der Waals surface area contributed by atoms with Gasteiger partial charge in [0.1, 0.15) is 0 Å². The van der Waals surface area contributed by atoms with Crippen LogP contribution in [0.25, 0.3) is 0 Å². The van der Waals surface area contributed by atoms with E-state index < -0.39 is 11.9 Å². The minimum Gasteiger partial charge on any atom is -0.478 e. The molecule has 0 aromatic heterocycles. The van der Waals surface area contributed by atoms with Crippen molar-refractivity contribution < 1.29 is 19.4 Å². The fourth-order valence-electron chi connectivity index (χ4n) is 1.61. The molecule has 1 aromatic rings. The summed E-state index contributed by atoms with van der Waals surface area (Å²) >= 11 is 0. The maximum atomic E-state index is 11.6. The third kappa shape index (κ3) is 2.39. The summed E-state index contributed by atoms with van der Waals surface area (Å²) in [5, 5.41) is 8.85. The molecule has 4 heteroatoms. The Morgan fingerprint density at radius 1 is 1.25 bits per heavy atom. The van der Waals surface area contributed by atoms with Crippen molar-refractivity contribution in [3.8, 4) is 0 Å². The predicted molar refractivity (Wildman–Crippen MR) is 58.8 cm³/mol. The molecule has 0 aliphatic rings. The predicted octanol–water partition coefficient (Wildman–Crippen LogP) is 2.18. The highest BCUT2D eigenvalue weighted by atomic mass is 16.5. The molecule has 0 amide bonds. The molecule has 0 heterocycles. The lowest BCUT2D eigenvalue weighted by atomic mass is 9.99. The molecule has 1 N–H and O–H groups in total.